The predicted molar refractivity (Wildman–Crippen MR) is 108 cm³/mol. The molecular formula is C20H21BN6. The molecule has 0 fully saturated rings. The van der Waals surface area contributed by atoms with Crippen molar-refractivity contribution in [2.45, 2.75) is 27.3 Å². The van der Waals surface area contributed by atoms with Crippen LogP contribution in [0.3, 0.4) is 0 Å². The van der Waals surface area contributed by atoms with Crippen LogP contribution in [0.2, 0.25) is 0 Å². The summed E-state index contributed by atoms with van der Waals surface area (Å²) in [5, 5.41) is 8.35. The first kappa shape index (κ1) is 17.2. The Labute approximate surface area is 159 Å². The quantitative estimate of drug-likeness (QED) is 0.528. The van der Waals surface area contributed by atoms with E-state index in [0.29, 0.717) is 0 Å². The molecule has 27 heavy (non-hydrogen) atoms. The summed E-state index contributed by atoms with van der Waals surface area (Å²) in [5.41, 5.74) is 8.50. The molecule has 3 aromatic heterocycles. The molecule has 0 radical (unpaired) electrons. The summed E-state index contributed by atoms with van der Waals surface area (Å²) in [7, 11) is 1.89. The van der Waals surface area contributed by atoms with Crippen LogP contribution in [0.15, 0.2) is 49.1 Å². The molecule has 1 aromatic carbocycles. The summed E-state index contributed by atoms with van der Waals surface area (Å²) in [6.07, 6.45) is 5.69. The molecule has 0 saturated carbocycles. The van der Waals surface area contributed by atoms with E-state index in [1.54, 1.807) is 10.8 Å². The van der Waals surface area contributed by atoms with Gasteiger partial charge in [0.1, 0.15) is 11.4 Å². The lowest BCUT2D eigenvalue weighted by atomic mass is 10.0. The lowest BCUT2D eigenvalue weighted by Gasteiger charge is -2.08. The zero-order chi connectivity index (χ0) is 19.0. The van der Waals surface area contributed by atoms with Gasteiger partial charge in [-0.2, -0.15) is 0 Å². The SMILES string of the molecule is Bn1nnc(-c2ccnc(-c3cn(Cc4cccc(C)c4C)cn3)c2)c1C. The van der Waals surface area contributed by atoms with Gasteiger partial charge < -0.3 is 9.16 Å². The highest BCUT2D eigenvalue weighted by atomic mass is 15.4. The van der Waals surface area contributed by atoms with Crippen LogP contribution >= 0.6 is 0 Å². The van der Waals surface area contributed by atoms with Crippen LogP contribution in [0.5, 0.6) is 0 Å². The number of nitrogens with zero attached hydrogens (tertiary/aromatic N) is 6. The van der Waals surface area contributed by atoms with Crippen molar-refractivity contribution in [3.63, 3.8) is 0 Å². The Balaban J connectivity index is 1.63. The van der Waals surface area contributed by atoms with Gasteiger partial charge in [-0.25, -0.2) is 4.98 Å². The van der Waals surface area contributed by atoms with Crippen molar-refractivity contribution < 1.29 is 0 Å². The molecule has 3 heterocycles. The molecule has 0 aliphatic heterocycles. The first-order valence-corrected chi connectivity index (χ1v) is 8.93. The standard InChI is InChI=1S/C20H21BN6/c1-13-5-4-6-17(14(13)2)10-26-11-19(23-12-26)18-9-16(7-8-22-18)20-15(3)27(21)25-24-20/h4-9,11-12H,10,21H2,1-3H3. The fraction of sp³-hybridized carbons (Fsp3) is 0.200. The first-order valence-electron chi connectivity index (χ1n) is 8.93. The maximum Gasteiger partial charge on any atom is 0.251 e. The van der Waals surface area contributed by atoms with Crippen molar-refractivity contribution in [1.82, 2.24) is 29.4 Å². The smallest absolute Gasteiger partial charge is 0.251 e. The molecule has 134 valence electrons. The van der Waals surface area contributed by atoms with E-state index in [9.17, 15) is 0 Å². The van der Waals surface area contributed by atoms with Gasteiger partial charge in [0.25, 0.3) is 7.98 Å². The second kappa shape index (κ2) is 6.83. The van der Waals surface area contributed by atoms with E-state index in [1.165, 1.54) is 16.7 Å². The van der Waals surface area contributed by atoms with Gasteiger partial charge >= 0.3 is 0 Å². The van der Waals surface area contributed by atoms with Crippen molar-refractivity contribution >= 4 is 7.98 Å². The lowest BCUT2D eigenvalue weighted by Crippen LogP contribution is -1.99. The molecule has 0 unspecified atom stereocenters. The van der Waals surface area contributed by atoms with E-state index in [0.717, 1.165) is 34.9 Å². The lowest BCUT2D eigenvalue weighted by molar-refractivity contribution is 0.791. The Morgan fingerprint density at radius 1 is 1.04 bits per heavy atom. The zero-order valence-electron chi connectivity index (χ0n) is 16.0. The Morgan fingerprint density at radius 2 is 1.89 bits per heavy atom. The molecule has 0 spiro atoms. The minimum absolute atomic E-state index is 0.795. The van der Waals surface area contributed by atoms with Gasteiger partial charge in [0.2, 0.25) is 0 Å². The van der Waals surface area contributed by atoms with Crippen LogP contribution < -0.4 is 0 Å². The average Bonchev–Trinajstić information content (AvgIpc) is 3.27. The van der Waals surface area contributed by atoms with E-state index in [1.807, 2.05) is 39.6 Å². The number of imidazole rings is 1. The Kier molecular flexibility index (Phi) is 4.35. The van der Waals surface area contributed by atoms with E-state index >= 15 is 0 Å². The summed E-state index contributed by atoms with van der Waals surface area (Å²) < 4.78 is 3.87. The van der Waals surface area contributed by atoms with Crippen molar-refractivity contribution in [1.29, 1.82) is 0 Å². The summed E-state index contributed by atoms with van der Waals surface area (Å²) in [6.45, 7) is 7.11. The van der Waals surface area contributed by atoms with Gasteiger partial charge in [0, 0.05) is 30.2 Å². The molecule has 0 bridgehead atoms. The maximum atomic E-state index is 4.56. The van der Waals surface area contributed by atoms with Gasteiger partial charge in [-0.3, -0.25) is 4.98 Å². The second-order valence-corrected chi connectivity index (χ2v) is 6.87. The average molecular weight is 356 g/mol. The van der Waals surface area contributed by atoms with Crippen LogP contribution in [0, 0.1) is 20.8 Å². The number of rotatable bonds is 4. The fourth-order valence-corrected chi connectivity index (χ4v) is 3.15. The highest BCUT2D eigenvalue weighted by Crippen LogP contribution is 2.24. The summed E-state index contributed by atoms with van der Waals surface area (Å²) in [6, 6.07) is 10.4. The molecule has 0 amide bonds. The van der Waals surface area contributed by atoms with Crippen LogP contribution in [-0.2, 0) is 6.54 Å². The number of hydrogen-bond donors (Lipinski definition) is 0. The van der Waals surface area contributed by atoms with Gasteiger partial charge in [-0.15, -0.1) is 5.10 Å². The monoisotopic (exact) mass is 356 g/mol. The van der Waals surface area contributed by atoms with Crippen LogP contribution in [0.1, 0.15) is 22.4 Å². The maximum absolute atomic E-state index is 4.56. The van der Waals surface area contributed by atoms with Crippen molar-refractivity contribution in [2.75, 3.05) is 0 Å². The molecular weight excluding hydrogens is 335 g/mol. The minimum Gasteiger partial charge on any atom is -0.332 e. The zero-order valence-corrected chi connectivity index (χ0v) is 16.0. The van der Waals surface area contributed by atoms with Crippen molar-refractivity contribution in [2.24, 2.45) is 0 Å². The van der Waals surface area contributed by atoms with E-state index < -0.39 is 0 Å². The van der Waals surface area contributed by atoms with Crippen LogP contribution in [-0.4, -0.2) is 37.4 Å². The Bertz CT molecular complexity index is 1110. The number of pyridine rings is 1. The number of benzene rings is 1. The molecule has 0 aliphatic carbocycles. The van der Waals surface area contributed by atoms with Gasteiger partial charge in [-0.1, -0.05) is 23.4 Å². The number of aromatic nitrogens is 6. The fourth-order valence-electron chi connectivity index (χ4n) is 3.15. The van der Waals surface area contributed by atoms with Crippen molar-refractivity contribution in [3.8, 4) is 22.6 Å². The normalized spacial score (nSPS) is 11.1. The molecule has 0 saturated heterocycles. The summed E-state index contributed by atoms with van der Waals surface area (Å²) in [5.74, 6) is 0. The molecule has 0 N–H and O–H groups in total. The van der Waals surface area contributed by atoms with E-state index in [4.69, 9.17) is 0 Å². The minimum atomic E-state index is 0.795. The largest absolute Gasteiger partial charge is 0.332 e. The topological polar surface area (TPSA) is 61.4 Å². The highest BCUT2D eigenvalue weighted by Gasteiger charge is 2.11. The number of hydrogen-bond acceptors (Lipinski definition) is 4. The van der Waals surface area contributed by atoms with E-state index in [2.05, 4.69) is 56.9 Å². The third-order valence-electron chi connectivity index (χ3n) is 5.11. The molecule has 4 aromatic rings. The van der Waals surface area contributed by atoms with Gasteiger partial charge in [-0.05, 0) is 49.6 Å². The van der Waals surface area contributed by atoms with Crippen LogP contribution in [0.25, 0.3) is 22.6 Å². The third-order valence-corrected chi connectivity index (χ3v) is 5.11. The number of aryl methyl sites for hydroxylation is 1. The summed E-state index contributed by atoms with van der Waals surface area (Å²) >= 11 is 0. The highest BCUT2D eigenvalue weighted by molar-refractivity contribution is 6.06. The van der Waals surface area contributed by atoms with Gasteiger partial charge in [0.15, 0.2) is 0 Å². The first-order chi connectivity index (χ1) is 13.0. The predicted octanol–water partition coefficient (Wildman–Crippen LogP) is 2.57. The molecule has 0 aliphatic rings. The van der Waals surface area contributed by atoms with Crippen molar-refractivity contribution in [3.05, 3.63) is 71.4 Å². The second-order valence-electron chi connectivity index (χ2n) is 6.87. The molecule has 6 nitrogen and oxygen atoms in total. The Hall–Kier alpha value is -3.22. The molecule has 0 atom stereocenters. The van der Waals surface area contributed by atoms with E-state index in [-0.39, 0.29) is 0 Å². The molecule has 7 heteroatoms. The van der Waals surface area contributed by atoms with Gasteiger partial charge in [0.05, 0.1) is 12.0 Å². The Morgan fingerprint density at radius 3 is 2.67 bits per heavy atom. The molecule has 4 rings (SSSR count). The summed E-state index contributed by atoms with van der Waals surface area (Å²) in [4.78, 5) is 9.05. The third kappa shape index (κ3) is 3.28. The van der Waals surface area contributed by atoms with Crippen LogP contribution in [0.4, 0.5) is 0 Å².